The van der Waals surface area contributed by atoms with E-state index in [0.717, 1.165) is 28.5 Å². The molecule has 5 heteroatoms. The van der Waals surface area contributed by atoms with Crippen LogP contribution in [0.25, 0.3) is 11.1 Å². The first kappa shape index (κ1) is 13.4. The minimum atomic E-state index is 0.517. The largest absolute Gasteiger partial charge is 0.382 e. The van der Waals surface area contributed by atoms with Gasteiger partial charge in [-0.15, -0.1) is 0 Å². The van der Waals surface area contributed by atoms with Crippen LogP contribution in [0.5, 0.6) is 0 Å². The molecule has 0 bridgehead atoms. The summed E-state index contributed by atoms with van der Waals surface area (Å²) in [6.45, 7) is 2.23. The number of aromatic nitrogens is 2. The van der Waals surface area contributed by atoms with Crippen LogP contribution in [0.15, 0.2) is 24.5 Å². The second-order valence-corrected chi connectivity index (χ2v) is 6.21. The van der Waals surface area contributed by atoms with E-state index in [9.17, 15) is 0 Å². The summed E-state index contributed by atoms with van der Waals surface area (Å²) in [6.07, 6.45) is 8.74. The summed E-state index contributed by atoms with van der Waals surface area (Å²) < 4.78 is 4.31. The SMILES string of the molecule is CCC(CC1CC1)Nc1snc(N)c1-c1ccncc1. The predicted octanol–water partition coefficient (Wildman–Crippen LogP) is 3.78. The molecule has 2 aromatic rings. The van der Waals surface area contributed by atoms with E-state index in [1.807, 2.05) is 12.1 Å². The van der Waals surface area contributed by atoms with Gasteiger partial charge in [0.05, 0.1) is 5.56 Å². The highest BCUT2D eigenvalue weighted by Crippen LogP contribution is 2.39. The molecule has 0 aliphatic heterocycles. The zero-order chi connectivity index (χ0) is 13.9. The van der Waals surface area contributed by atoms with Crippen LogP contribution >= 0.6 is 11.5 Å². The van der Waals surface area contributed by atoms with E-state index in [-0.39, 0.29) is 0 Å². The van der Waals surface area contributed by atoms with Crippen molar-refractivity contribution in [3.05, 3.63) is 24.5 Å². The number of nitrogens with one attached hydrogen (secondary N) is 1. The maximum atomic E-state index is 6.04. The van der Waals surface area contributed by atoms with Gasteiger partial charge in [0.2, 0.25) is 0 Å². The number of rotatable bonds is 6. The average Bonchev–Trinajstić information content (AvgIpc) is 3.22. The minimum absolute atomic E-state index is 0.517. The Morgan fingerprint density at radius 3 is 2.80 bits per heavy atom. The fraction of sp³-hybridized carbons (Fsp3) is 0.467. The molecular weight excluding hydrogens is 268 g/mol. The minimum Gasteiger partial charge on any atom is -0.382 e. The van der Waals surface area contributed by atoms with Crippen LogP contribution < -0.4 is 11.1 Å². The molecule has 1 aliphatic rings. The third-order valence-corrected chi connectivity index (χ3v) is 4.62. The number of hydrogen-bond donors (Lipinski definition) is 2. The lowest BCUT2D eigenvalue weighted by atomic mass is 10.1. The first-order chi connectivity index (χ1) is 9.78. The molecule has 106 valence electrons. The van der Waals surface area contributed by atoms with Crippen molar-refractivity contribution in [1.82, 2.24) is 9.36 Å². The van der Waals surface area contributed by atoms with Crippen LogP contribution in [0, 0.1) is 5.92 Å². The van der Waals surface area contributed by atoms with Crippen molar-refractivity contribution in [2.24, 2.45) is 5.92 Å². The number of nitrogen functional groups attached to an aromatic ring is 1. The zero-order valence-corrected chi connectivity index (χ0v) is 12.5. The lowest BCUT2D eigenvalue weighted by molar-refractivity contribution is 0.588. The molecule has 1 saturated carbocycles. The van der Waals surface area contributed by atoms with Gasteiger partial charge in [-0.2, -0.15) is 4.37 Å². The monoisotopic (exact) mass is 288 g/mol. The summed E-state index contributed by atoms with van der Waals surface area (Å²) in [4.78, 5) is 4.06. The second-order valence-electron chi connectivity index (χ2n) is 5.44. The van der Waals surface area contributed by atoms with Crippen LogP contribution in [0.2, 0.25) is 0 Å². The summed E-state index contributed by atoms with van der Waals surface area (Å²) in [6, 6.07) is 4.48. The van der Waals surface area contributed by atoms with Crippen molar-refractivity contribution in [2.75, 3.05) is 11.1 Å². The molecule has 1 unspecified atom stereocenters. The molecule has 0 saturated heterocycles. The Morgan fingerprint density at radius 1 is 1.40 bits per heavy atom. The number of nitrogens with zero attached hydrogens (tertiary/aromatic N) is 2. The highest BCUT2D eigenvalue weighted by Gasteiger charge is 2.25. The zero-order valence-electron chi connectivity index (χ0n) is 11.7. The van der Waals surface area contributed by atoms with Gasteiger partial charge in [-0.25, -0.2) is 0 Å². The van der Waals surface area contributed by atoms with Crippen LogP contribution in [0.3, 0.4) is 0 Å². The molecule has 2 heterocycles. The molecule has 3 N–H and O–H groups in total. The van der Waals surface area contributed by atoms with Crippen molar-refractivity contribution in [3.63, 3.8) is 0 Å². The van der Waals surface area contributed by atoms with Crippen LogP contribution in [-0.4, -0.2) is 15.4 Å². The molecule has 4 nitrogen and oxygen atoms in total. The molecular formula is C15H20N4S. The maximum Gasteiger partial charge on any atom is 0.147 e. The molecule has 1 atom stereocenters. The van der Waals surface area contributed by atoms with Crippen molar-refractivity contribution in [2.45, 2.75) is 38.6 Å². The smallest absolute Gasteiger partial charge is 0.147 e. The highest BCUT2D eigenvalue weighted by atomic mass is 32.1. The normalized spacial score (nSPS) is 16.1. The summed E-state index contributed by atoms with van der Waals surface area (Å²) >= 11 is 1.46. The summed E-state index contributed by atoms with van der Waals surface area (Å²) in [5.74, 6) is 1.52. The highest BCUT2D eigenvalue weighted by molar-refractivity contribution is 7.11. The summed E-state index contributed by atoms with van der Waals surface area (Å²) in [5.41, 5.74) is 8.14. The molecule has 1 fully saturated rings. The topological polar surface area (TPSA) is 63.8 Å². The van der Waals surface area contributed by atoms with Gasteiger partial charge < -0.3 is 11.1 Å². The van der Waals surface area contributed by atoms with Crippen molar-refractivity contribution < 1.29 is 0 Å². The Bertz CT molecular complexity index is 563. The lowest BCUT2D eigenvalue weighted by Crippen LogP contribution is -2.18. The van der Waals surface area contributed by atoms with Crippen molar-refractivity contribution in [1.29, 1.82) is 0 Å². The second kappa shape index (κ2) is 5.79. The van der Waals surface area contributed by atoms with E-state index in [1.54, 1.807) is 12.4 Å². The van der Waals surface area contributed by atoms with E-state index in [2.05, 4.69) is 21.6 Å². The third-order valence-electron chi connectivity index (χ3n) is 3.83. The van der Waals surface area contributed by atoms with Crippen LogP contribution in [0.1, 0.15) is 32.6 Å². The Balaban J connectivity index is 1.82. The van der Waals surface area contributed by atoms with Gasteiger partial charge >= 0.3 is 0 Å². The summed E-state index contributed by atoms with van der Waals surface area (Å²) in [7, 11) is 0. The Hall–Kier alpha value is -1.62. The third kappa shape index (κ3) is 2.93. The molecule has 20 heavy (non-hydrogen) atoms. The Kier molecular flexibility index (Phi) is 3.87. The van der Waals surface area contributed by atoms with Gasteiger partial charge in [-0.05, 0) is 48.0 Å². The maximum absolute atomic E-state index is 6.04. The number of hydrogen-bond acceptors (Lipinski definition) is 5. The van der Waals surface area contributed by atoms with Gasteiger partial charge in [-0.3, -0.25) is 4.98 Å². The lowest BCUT2D eigenvalue weighted by Gasteiger charge is -2.17. The van der Waals surface area contributed by atoms with Crippen molar-refractivity contribution in [3.8, 4) is 11.1 Å². The quantitative estimate of drug-likeness (QED) is 0.849. The van der Waals surface area contributed by atoms with Gasteiger partial charge in [-0.1, -0.05) is 19.8 Å². The molecule has 1 aliphatic carbocycles. The van der Waals surface area contributed by atoms with Gasteiger partial charge in [0.1, 0.15) is 10.8 Å². The number of nitrogens with two attached hydrogens (primary N) is 1. The van der Waals surface area contributed by atoms with Gasteiger partial charge in [0.15, 0.2) is 0 Å². The predicted molar refractivity (Wildman–Crippen MR) is 84.8 cm³/mol. The first-order valence-corrected chi connectivity index (χ1v) is 7.97. The molecule has 0 amide bonds. The van der Waals surface area contributed by atoms with E-state index >= 15 is 0 Å². The van der Waals surface area contributed by atoms with E-state index in [1.165, 1.54) is 30.8 Å². The standard InChI is InChI=1S/C15H20N4S/c1-2-12(9-10-3-4-10)18-15-13(14(16)19-20-15)11-5-7-17-8-6-11/h5-8,10,12,18H,2-4,9H2,1H3,(H2,16,19). The molecule has 0 spiro atoms. The summed E-state index contributed by atoms with van der Waals surface area (Å²) in [5, 5.41) is 4.73. The number of anilines is 2. The van der Waals surface area contributed by atoms with E-state index in [4.69, 9.17) is 5.73 Å². The number of pyridine rings is 1. The van der Waals surface area contributed by atoms with Crippen molar-refractivity contribution >= 4 is 22.4 Å². The Morgan fingerprint density at radius 2 is 2.15 bits per heavy atom. The molecule has 2 aromatic heterocycles. The van der Waals surface area contributed by atoms with E-state index < -0.39 is 0 Å². The van der Waals surface area contributed by atoms with Gasteiger partial charge in [0, 0.05) is 18.4 Å². The average molecular weight is 288 g/mol. The first-order valence-electron chi connectivity index (χ1n) is 7.20. The van der Waals surface area contributed by atoms with E-state index in [0.29, 0.717) is 11.9 Å². The fourth-order valence-electron chi connectivity index (χ4n) is 2.47. The van der Waals surface area contributed by atoms with Gasteiger partial charge in [0.25, 0.3) is 0 Å². The Labute approximate surface area is 123 Å². The van der Waals surface area contributed by atoms with Crippen LogP contribution in [0.4, 0.5) is 10.8 Å². The fourth-order valence-corrected chi connectivity index (χ4v) is 3.28. The van der Waals surface area contributed by atoms with Crippen LogP contribution in [-0.2, 0) is 0 Å². The molecule has 0 radical (unpaired) electrons. The molecule has 0 aromatic carbocycles. The molecule has 3 rings (SSSR count).